The van der Waals surface area contributed by atoms with Gasteiger partial charge in [-0.25, -0.2) is 0 Å². The molecule has 2 fully saturated rings. The van der Waals surface area contributed by atoms with Gasteiger partial charge in [-0.05, 0) is 56.3 Å². The van der Waals surface area contributed by atoms with Gasteiger partial charge in [0.05, 0.1) is 5.56 Å². The lowest BCUT2D eigenvalue weighted by atomic mass is 9.96. The summed E-state index contributed by atoms with van der Waals surface area (Å²) >= 11 is 6.81. The molecule has 0 aliphatic heterocycles. The van der Waals surface area contributed by atoms with Gasteiger partial charge < -0.3 is 5.32 Å². The Hall–Kier alpha value is -1.14. The molecule has 0 aromatic carbocycles. The van der Waals surface area contributed by atoms with E-state index in [1.165, 1.54) is 25.7 Å². The summed E-state index contributed by atoms with van der Waals surface area (Å²) < 4.78 is 0. The summed E-state index contributed by atoms with van der Waals surface area (Å²) in [5, 5.41) is 5.69. The van der Waals surface area contributed by atoms with Gasteiger partial charge in [0.1, 0.15) is 0 Å². The van der Waals surface area contributed by atoms with Crippen LogP contribution in [-0.4, -0.2) is 17.1 Å². The van der Waals surface area contributed by atoms with E-state index < -0.39 is 0 Å². The predicted octanol–water partition coefficient (Wildman–Crippen LogP) is 2.35. The molecule has 6 heteroatoms. The van der Waals surface area contributed by atoms with Crippen molar-refractivity contribution in [3.8, 4) is 0 Å². The molecule has 3 rings (SSSR count). The molecule has 0 unspecified atom stereocenters. The number of amides is 1. The number of hydrogen-bond acceptors (Lipinski definition) is 3. The number of carbonyl (C=O) groups is 1. The van der Waals surface area contributed by atoms with Crippen LogP contribution in [-0.2, 0) is 0 Å². The van der Waals surface area contributed by atoms with E-state index in [0.29, 0.717) is 16.7 Å². The third kappa shape index (κ3) is 2.96. The fourth-order valence-corrected chi connectivity index (χ4v) is 4.26. The summed E-state index contributed by atoms with van der Waals surface area (Å²) in [6.07, 6.45) is 5.23. The molecule has 1 amide bonds. The number of thiophene rings is 1. The number of fused-ring (bicyclic) bond motifs is 2. The highest BCUT2D eigenvalue weighted by Gasteiger charge is 2.39. The van der Waals surface area contributed by atoms with Crippen LogP contribution in [0.1, 0.15) is 40.9 Å². The maximum Gasteiger partial charge on any atom is 0.270 e. The Morgan fingerprint density at radius 1 is 1.35 bits per heavy atom. The molecule has 2 aliphatic carbocycles. The van der Waals surface area contributed by atoms with Crippen molar-refractivity contribution in [2.75, 3.05) is 0 Å². The summed E-state index contributed by atoms with van der Waals surface area (Å²) in [6, 6.07) is 2.35. The Bertz CT molecular complexity index is 528. The van der Waals surface area contributed by atoms with Crippen LogP contribution in [0.4, 0.5) is 0 Å². The predicted molar refractivity (Wildman–Crippen MR) is 84.6 cm³/mol. The monoisotopic (exact) mass is 309 g/mol. The Labute approximate surface area is 128 Å². The van der Waals surface area contributed by atoms with Gasteiger partial charge in [-0.2, -0.15) is 0 Å². The fraction of sp³-hybridized carbons (Fsp3) is 0.571. The number of aryl methyl sites for hydroxylation is 1. The third-order valence-corrected chi connectivity index (χ3v) is 5.42. The Kier molecular flexibility index (Phi) is 3.94. The molecular formula is C14H19N3OS2. The van der Waals surface area contributed by atoms with Crippen molar-refractivity contribution in [2.45, 2.75) is 38.6 Å². The van der Waals surface area contributed by atoms with Crippen molar-refractivity contribution < 1.29 is 4.79 Å². The van der Waals surface area contributed by atoms with Gasteiger partial charge in [0.15, 0.2) is 5.11 Å². The van der Waals surface area contributed by atoms with E-state index in [1.54, 1.807) is 11.3 Å². The van der Waals surface area contributed by atoms with Gasteiger partial charge in [0.25, 0.3) is 5.91 Å². The molecule has 0 saturated heterocycles. The number of hydrazine groups is 1. The molecule has 1 heterocycles. The van der Waals surface area contributed by atoms with E-state index in [1.807, 2.05) is 18.4 Å². The second-order valence-corrected chi connectivity index (χ2v) is 7.30. The van der Waals surface area contributed by atoms with Crippen LogP contribution in [0.2, 0.25) is 0 Å². The van der Waals surface area contributed by atoms with Crippen LogP contribution in [0, 0.1) is 18.8 Å². The number of hydrogen-bond donors (Lipinski definition) is 3. The van der Waals surface area contributed by atoms with Gasteiger partial charge >= 0.3 is 0 Å². The molecule has 108 valence electrons. The summed E-state index contributed by atoms with van der Waals surface area (Å²) in [5.41, 5.74) is 6.12. The molecule has 2 saturated carbocycles. The first kappa shape index (κ1) is 13.8. The molecule has 1 aromatic rings. The van der Waals surface area contributed by atoms with Gasteiger partial charge in [-0.15, -0.1) is 11.3 Å². The van der Waals surface area contributed by atoms with Gasteiger partial charge in [-0.3, -0.25) is 15.6 Å². The summed E-state index contributed by atoms with van der Waals surface area (Å²) in [4.78, 5) is 13.0. The molecule has 3 atom stereocenters. The minimum absolute atomic E-state index is 0.147. The van der Waals surface area contributed by atoms with E-state index in [9.17, 15) is 4.79 Å². The molecular weight excluding hydrogens is 290 g/mol. The van der Waals surface area contributed by atoms with Crippen molar-refractivity contribution in [3.05, 3.63) is 21.9 Å². The molecule has 3 N–H and O–H groups in total. The molecule has 2 bridgehead atoms. The quantitative estimate of drug-likeness (QED) is 0.580. The van der Waals surface area contributed by atoms with E-state index in [4.69, 9.17) is 12.2 Å². The van der Waals surface area contributed by atoms with Crippen LogP contribution in [0.15, 0.2) is 11.4 Å². The molecule has 2 aliphatic rings. The van der Waals surface area contributed by atoms with E-state index in [0.717, 1.165) is 16.7 Å². The van der Waals surface area contributed by atoms with Gasteiger partial charge in [0, 0.05) is 16.3 Å². The average Bonchev–Trinajstić information content (AvgIpc) is 3.12. The largest absolute Gasteiger partial charge is 0.358 e. The molecule has 20 heavy (non-hydrogen) atoms. The Morgan fingerprint density at radius 3 is 2.80 bits per heavy atom. The third-order valence-electron chi connectivity index (χ3n) is 4.34. The fourth-order valence-electron chi connectivity index (χ4n) is 3.37. The highest BCUT2D eigenvalue weighted by atomic mass is 32.1. The lowest BCUT2D eigenvalue weighted by molar-refractivity contribution is 0.0944. The van der Waals surface area contributed by atoms with Crippen LogP contribution in [0.25, 0.3) is 0 Å². The normalized spacial score (nSPS) is 27.4. The maximum atomic E-state index is 11.9. The zero-order chi connectivity index (χ0) is 14.1. The van der Waals surface area contributed by atoms with E-state index in [-0.39, 0.29) is 5.91 Å². The first-order valence-electron chi connectivity index (χ1n) is 7.04. The van der Waals surface area contributed by atoms with Crippen LogP contribution < -0.4 is 16.2 Å². The minimum Gasteiger partial charge on any atom is -0.358 e. The second kappa shape index (κ2) is 5.69. The Balaban J connectivity index is 1.44. The zero-order valence-corrected chi connectivity index (χ0v) is 13.1. The minimum atomic E-state index is -0.147. The number of thiocarbonyl (C=S) groups is 1. The second-order valence-electron chi connectivity index (χ2n) is 5.78. The van der Waals surface area contributed by atoms with E-state index >= 15 is 0 Å². The maximum absolute atomic E-state index is 11.9. The van der Waals surface area contributed by atoms with Crippen molar-refractivity contribution in [3.63, 3.8) is 0 Å². The summed E-state index contributed by atoms with van der Waals surface area (Å²) in [5.74, 6) is 1.49. The molecule has 0 radical (unpaired) electrons. The zero-order valence-electron chi connectivity index (χ0n) is 11.4. The van der Waals surface area contributed by atoms with Crippen LogP contribution >= 0.6 is 23.6 Å². The first-order chi connectivity index (χ1) is 9.61. The van der Waals surface area contributed by atoms with Crippen molar-refractivity contribution in [1.82, 2.24) is 16.2 Å². The molecule has 0 spiro atoms. The van der Waals surface area contributed by atoms with Crippen LogP contribution in [0.5, 0.6) is 0 Å². The topological polar surface area (TPSA) is 53.2 Å². The summed E-state index contributed by atoms with van der Waals surface area (Å²) in [7, 11) is 0. The number of rotatable bonds is 2. The van der Waals surface area contributed by atoms with Gasteiger partial charge in [-0.1, -0.05) is 6.42 Å². The van der Waals surface area contributed by atoms with Gasteiger partial charge in [0.2, 0.25) is 0 Å². The molecule has 1 aromatic heterocycles. The lowest BCUT2D eigenvalue weighted by Gasteiger charge is -2.24. The SMILES string of the molecule is Cc1cc(C(=O)NNC(=S)N[C@H]2C[C@H]3CC[C@@H]2C3)cs1. The lowest BCUT2D eigenvalue weighted by Crippen LogP contribution is -2.50. The highest BCUT2D eigenvalue weighted by molar-refractivity contribution is 7.80. The summed E-state index contributed by atoms with van der Waals surface area (Å²) in [6.45, 7) is 1.98. The standard InChI is InChI=1S/C14H19N3OS2/c1-8-4-11(7-20-8)13(18)16-17-14(19)15-12-6-9-2-3-10(12)5-9/h4,7,9-10,12H,2-3,5-6H2,1H3,(H,16,18)(H2,15,17,19)/t9-,10+,12-/m0/s1. The van der Waals surface area contributed by atoms with Crippen molar-refractivity contribution in [1.29, 1.82) is 0 Å². The number of nitrogens with one attached hydrogen (secondary N) is 3. The van der Waals surface area contributed by atoms with Crippen molar-refractivity contribution >= 4 is 34.6 Å². The van der Waals surface area contributed by atoms with E-state index in [2.05, 4.69) is 16.2 Å². The average molecular weight is 309 g/mol. The number of carbonyl (C=O) groups excluding carboxylic acids is 1. The van der Waals surface area contributed by atoms with Crippen molar-refractivity contribution in [2.24, 2.45) is 11.8 Å². The highest BCUT2D eigenvalue weighted by Crippen LogP contribution is 2.44. The smallest absolute Gasteiger partial charge is 0.270 e. The molecule has 4 nitrogen and oxygen atoms in total. The first-order valence-corrected chi connectivity index (χ1v) is 8.32. The van der Waals surface area contributed by atoms with Crippen LogP contribution in [0.3, 0.4) is 0 Å². The Morgan fingerprint density at radius 2 is 2.20 bits per heavy atom.